The number of hydrogen-bond acceptors (Lipinski definition) is 5. The molecule has 0 radical (unpaired) electrons. The largest absolute Gasteiger partial charge is 0.481 e. The molecule has 6 nitrogen and oxygen atoms in total. The molecule has 2 unspecified atom stereocenters. The van der Waals surface area contributed by atoms with Gasteiger partial charge in [-0.2, -0.15) is 4.98 Å². The Balaban J connectivity index is 2.08. The van der Waals surface area contributed by atoms with Gasteiger partial charge in [-0.3, -0.25) is 4.79 Å². The average molecular weight is 268 g/mol. The third kappa shape index (κ3) is 2.94. The topological polar surface area (TPSA) is 85.5 Å². The first-order valence-corrected chi connectivity index (χ1v) is 6.65. The van der Waals surface area contributed by atoms with E-state index in [1.807, 2.05) is 20.8 Å². The third-order valence-corrected chi connectivity index (χ3v) is 3.62. The highest BCUT2D eigenvalue weighted by Gasteiger charge is 2.35. The first kappa shape index (κ1) is 14.0. The van der Waals surface area contributed by atoms with Gasteiger partial charge in [0.25, 0.3) is 0 Å². The van der Waals surface area contributed by atoms with Crippen LogP contribution < -0.4 is 0 Å². The van der Waals surface area contributed by atoms with Gasteiger partial charge in [0, 0.05) is 12.5 Å². The number of carbonyl (C=O) groups is 1. The molecule has 2 atom stereocenters. The lowest BCUT2D eigenvalue weighted by molar-refractivity contribution is -0.141. The highest BCUT2D eigenvalue weighted by molar-refractivity contribution is 5.70. The van der Waals surface area contributed by atoms with Gasteiger partial charge in [0.15, 0.2) is 0 Å². The van der Waals surface area contributed by atoms with Crippen molar-refractivity contribution < 1.29 is 19.2 Å². The van der Waals surface area contributed by atoms with Gasteiger partial charge in [-0.05, 0) is 40.0 Å². The third-order valence-electron chi connectivity index (χ3n) is 3.62. The number of aliphatic carboxylic acids is 1. The quantitative estimate of drug-likeness (QED) is 0.882. The van der Waals surface area contributed by atoms with Crippen molar-refractivity contribution in [2.24, 2.45) is 5.92 Å². The molecule has 1 aromatic rings. The van der Waals surface area contributed by atoms with E-state index in [0.717, 1.165) is 6.42 Å². The lowest BCUT2D eigenvalue weighted by Gasteiger charge is -2.19. The van der Waals surface area contributed by atoms with E-state index >= 15 is 0 Å². The van der Waals surface area contributed by atoms with Crippen molar-refractivity contribution in [2.45, 2.75) is 51.6 Å². The van der Waals surface area contributed by atoms with Gasteiger partial charge in [-0.25, -0.2) is 0 Å². The minimum absolute atomic E-state index is 0.0553. The SMILES string of the molecule is CCOC(C)(C)c1noc(C2CCC(C(=O)O)C2)n1. The number of hydrogen-bond donors (Lipinski definition) is 1. The van der Waals surface area contributed by atoms with Crippen LogP contribution in [0.25, 0.3) is 0 Å². The molecule has 0 amide bonds. The molecule has 1 saturated carbocycles. The van der Waals surface area contributed by atoms with E-state index in [4.69, 9.17) is 14.4 Å². The zero-order valence-electron chi connectivity index (χ0n) is 11.5. The zero-order valence-corrected chi connectivity index (χ0v) is 11.5. The van der Waals surface area contributed by atoms with E-state index in [1.165, 1.54) is 0 Å². The number of carboxylic acids is 1. The summed E-state index contributed by atoms with van der Waals surface area (Å²) in [7, 11) is 0. The Kier molecular flexibility index (Phi) is 3.89. The fourth-order valence-corrected chi connectivity index (χ4v) is 2.50. The van der Waals surface area contributed by atoms with Crippen molar-refractivity contribution in [2.75, 3.05) is 6.61 Å². The summed E-state index contributed by atoms with van der Waals surface area (Å²) in [6.45, 7) is 6.26. The van der Waals surface area contributed by atoms with Crippen LogP contribution in [0.2, 0.25) is 0 Å². The van der Waals surface area contributed by atoms with Gasteiger partial charge in [-0.1, -0.05) is 5.16 Å². The number of aromatic nitrogens is 2. The summed E-state index contributed by atoms with van der Waals surface area (Å²) in [6, 6.07) is 0. The van der Waals surface area contributed by atoms with Gasteiger partial charge in [-0.15, -0.1) is 0 Å². The fraction of sp³-hybridized carbons (Fsp3) is 0.769. The van der Waals surface area contributed by atoms with Crippen molar-refractivity contribution in [1.82, 2.24) is 10.1 Å². The smallest absolute Gasteiger partial charge is 0.306 e. The number of rotatable bonds is 5. The number of carboxylic acid groups (broad SMARTS) is 1. The van der Waals surface area contributed by atoms with E-state index in [9.17, 15) is 4.79 Å². The first-order chi connectivity index (χ1) is 8.94. The summed E-state index contributed by atoms with van der Waals surface area (Å²) in [5.41, 5.74) is -0.582. The van der Waals surface area contributed by atoms with Crippen LogP contribution in [0.15, 0.2) is 4.52 Å². The lowest BCUT2D eigenvalue weighted by Crippen LogP contribution is -2.23. The first-order valence-electron chi connectivity index (χ1n) is 6.65. The molecule has 0 saturated heterocycles. The Morgan fingerprint density at radius 3 is 2.84 bits per heavy atom. The summed E-state index contributed by atoms with van der Waals surface area (Å²) >= 11 is 0. The molecule has 2 rings (SSSR count). The van der Waals surface area contributed by atoms with Gasteiger partial charge in [0.1, 0.15) is 5.60 Å². The summed E-state index contributed by atoms with van der Waals surface area (Å²) in [6.07, 6.45) is 2.03. The van der Waals surface area contributed by atoms with Crippen molar-refractivity contribution in [3.05, 3.63) is 11.7 Å². The highest BCUT2D eigenvalue weighted by Crippen LogP contribution is 2.38. The number of ether oxygens (including phenoxy) is 1. The molecule has 0 aliphatic heterocycles. The van der Waals surface area contributed by atoms with Crippen LogP contribution in [-0.4, -0.2) is 27.8 Å². The molecule has 1 fully saturated rings. The van der Waals surface area contributed by atoms with E-state index in [-0.39, 0.29) is 11.8 Å². The molecule has 6 heteroatoms. The maximum Gasteiger partial charge on any atom is 0.306 e. The Morgan fingerprint density at radius 2 is 2.26 bits per heavy atom. The monoisotopic (exact) mass is 268 g/mol. The van der Waals surface area contributed by atoms with Crippen LogP contribution in [0.5, 0.6) is 0 Å². The zero-order chi connectivity index (χ0) is 14.0. The van der Waals surface area contributed by atoms with Crippen LogP contribution >= 0.6 is 0 Å². The van der Waals surface area contributed by atoms with Crippen LogP contribution in [-0.2, 0) is 15.1 Å². The summed E-state index contributed by atoms with van der Waals surface area (Å²) in [4.78, 5) is 15.3. The second kappa shape index (κ2) is 5.28. The highest BCUT2D eigenvalue weighted by atomic mass is 16.5. The van der Waals surface area contributed by atoms with E-state index in [2.05, 4.69) is 10.1 Å². The van der Waals surface area contributed by atoms with Crippen LogP contribution in [0.1, 0.15) is 57.7 Å². The predicted octanol–water partition coefficient (Wildman–Crippen LogP) is 2.31. The van der Waals surface area contributed by atoms with Crippen molar-refractivity contribution in [1.29, 1.82) is 0 Å². The van der Waals surface area contributed by atoms with E-state index in [0.29, 0.717) is 31.2 Å². The maximum atomic E-state index is 10.9. The minimum Gasteiger partial charge on any atom is -0.481 e. The Hall–Kier alpha value is -1.43. The predicted molar refractivity (Wildman–Crippen MR) is 66.7 cm³/mol. The van der Waals surface area contributed by atoms with Crippen LogP contribution in [0, 0.1) is 5.92 Å². The van der Waals surface area contributed by atoms with Crippen LogP contribution in [0.4, 0.5) is 0 Å². The molecule has 1 aliphatic rings. The molecule has 0 bridgehead atoms. The van der Waals surface area contributed by atoms with Crippen molar-refractivity contribution >= 4 is 5.97 Å². The maximum absolute atomic E-state index is 10.9. The van der Waals surface area contributed by atoms with Crippen molar-refractivity contribution in [3.63, 3.8) is 0 Å². The van der Waals surface area contributed by atoms with Gasteiger partial charge < -0.3 is 14.4 Å². The normalized spacial score (nSPS) is 23.7. The number of nitrogens with zero attached hydrogens (tertiary/aromatic N) is 2. The molecule has 19 heavy (non-hydrogen) atoms. The average Bonchev–Trinajstić information content (AvgIpc) is 2.98. The summed E-state index contributed by atoms with van der Waals surface area (Å²) < 4.78 is 10.8. The molecular formula is C13H20N2O4. The molecule has 0 spiro atoms. The molecule has 0 aromatic carbocycles. The lowest BCUT2D eigenvalue weighted by atomic mass is 10.1. The molecular weight excluding hydrogens is 248 g/mol. The van der Waals surface area contributed by atoms with Gasteiger partial charge in [0.05, 0.1) is 5.92 Å². The van der Waals surface area contributed by atoms with E-state index in [1.54, 1.807) is 0 Å². The van der Waals surface area contributed by atoms with Crippen LogP contribution in [0.3, 0.4) is 0 Å². The summed E-state index contributed by atoms with van der Waals surface area (Å²) in [5, 5.41) is 13.0. The standard InChI is InChI=1S/C13H20N2O4/c1-4-18-13(2,3)12-14-10(19-15-12)8-5-6-9(7-8)11(16)17/h8-9H,4-7H2,1-3H3,(H,16,17). The summed E-state index contributed by atoms with van der Waals surface area (Å²) in [5.74, 6) is 0.0755. The fourth-order valence-electron chi connectivity index (χ4n) is 2.50. The van der Waals surface area contributed by atoms with Gasteiger partial charge >= 0.3 is 5.97 Å². The Bertz CT molecular complexity index is 455. The Morgan fingerprint density at radius 1 is 1.53 bits per heavy atom. The van der Waals surface area contributed by atoms with Gasteiger partial charge in [0.2, 0.25) is 11.7 Å². The van der Waals surface area contributed by atoms with Crippen molar-refractivity contribution in [3.8, 4) is 0 Å². The molecule has 106 valence electrons. The van der Waals surface area contributed by atoms with E-state index < -0.39 is 11.6 Å². The second-order valence-corrected chi connectivity index (χ2v) is 5.44. The molecule has 1 N–H and O–H groups in total. The second-order valence-electron chi connectivity index (χ2n) is 5.44. The molecule has 1 aromatic heterocycles. The molecule has 1 aliphatic carbocycles. The molecule has 1 heterocycles. The Labute approximate surface area is 112 Å². The minimum atomic E-state index is -0.739.